The second-order valence-corrected chi connectivity index (χ2v) is 2.93. The molecule has 60 valence electrons. The zero-order valence-corrected chi connectivity index (χ0v) is 6.74. The summed E-state index contributed by atoms with van der Waals surface area (Å²) in [6.45, 7) is 2.69. The van der Waals surface area contributed by atoms with Gasteiger partial charge >= 0.3 is 5.38 Å². The third-order valence-electron chi connectivity index (χ3n) is 0.697. The molecular weight excluding hydrogens is 211 g/mol. The molecule has 0 aromatic rings. The molecule has 0 saturated carbocycles. The first kappa shape index (κ1) is 10.4. The van der Waals surface area contributed by atoms with E-state index in [1.54, 1.807) is 0 Å². The van der Waals surface area contributed by atoms with E-state index in [4.69, 9.17) is 11.6 Å². The van der Waals surface area contributed by atoms with Gasteiger partial charge in [-0.25, -0.2) is 4.39 Å². The Morgan fingerprint density at radius 1 is 1.20 bits per heavy atom. The normalized spacial score (nSPS) is 18.2. The number of hydrogen-bond donors (Lipinski definition) is 0. The van der Waals surface area contributed by atoms with Crippen LogP contribution in [0.4, 0.5) is 13.2 Å². The Hall–Kier alpha value is 0.400. The van der Waals surface area contributed by atoms with E-state index in [1.807, 2.05) is 0 Å². The summed E-state index contributed by atoms with van der Waals surface area (Å²) in [7, 11) is 0. The van der Waals surface area contributed by atoms with Crippen LogP contribution in [0.2, 0.25) is 0 Å². The molecule has 0 fully saturated rings. The molecule has 0 N–H and O–H groups in total. The third-order valence-corrected chi connectivity index (χ3v) is 1.88. The molecule has 0 aromatic carbocycles. The molecule has 0 radical (unpaired) electrons. The highest BCUT2D eigenvalue weighted by Crippen LogP contribution is 2.45. The van der Waals surface area contributed by atoms with Crippen LogP contribution in [0.3, 0.4) is 0 Å². The minimum absolute atomic E-state index is 1.05. The predicted octanol–water partition coefficient (Wildman–Crippen LogP) is 3.48. The fraction of sp³-hybridized carbons (Fsp3) is 0.500. The Morgan fingerprint density at radius 2 is 1.50 bits per heavy atom. The van der Waals surface area contributed by atoms with Gasteiger partial charge in [0.25, 0.3) is 5.13 Å². The zero-order chi connectivity index (χ0) is 8.58. The molecule has 0 aliphatic rings. The first-order valence-electron chi connectivity index (χ1n) is 1.99. The van der Waals surface area contributed by atoms with Gasteiger partial charge in [-0.3, -0.25) is 0 Å². The summed E-state index contributed by atoms with van der Waals surface area (Å²) >= 11 is 13.6. The summed E-state index contributed by atoms with van der Waals surface area (Å²) in [6, 6.07) is 0. The van der Waals surface area contributed by atoms with Crippen molar-refractivity contribution in [3.05, 3.63) is 11.6 Å². The summed E-state index contributed by atoms with van der Waals surface area (Å²) in [5.74, 6) is 0. The Morgan fingerprint density at radius 3 is 1.50 bits per heavy atom. The van der Waals surface area contributed by atoms with Gasteiger partial charge in [0, 0.05) is 0 Å². The van der Waals surface area contributed by atoms with Gasteiger partial charge in [-0.1, -0.05) is 29.8 Å². The second kappa shape index (κ2) is 2.80. The first-order chi connectivity index (χ1) is 4.19. The molecule has 0 spiro atoms. The highest BCUT2D eigenvalue weighted by molar-refractivity contribution is 6.42. The molecule has 0 aliphatic carbocycles. The maximum atomic E-state index is 12.4. The van der Waals surface area contributed by atoms with Gasteiger partial charge in [0.15, 0.2) is 0 Å². The quantitative estimate of drug-likeness (QED) is 0.616. The monoisotopic (exact) mass is 212 g/mol. The van der Waals surface area contributed by atoms with Gasteiger partial charge < -0.3 is 0 Å². The highest BCUT2D eigenvalue weighted by Gasteiger charge is 2.54. The Bertz CT molecular complexity index is 148. The van der Waals surface area contributed by atoms with Gasteiger partial charge in [0.1, 0.15) is 0 Å². The van der Waals surface area contributed by atoms with Crippen LogP contribution >= 0.6 is 34.8 Å². The molecule has 0 bridgehead atoms. The zero-order valence-electron chi connectivity index (χ0n) is 4.47. The molecule has 0 nitrogen and oxygen atoms in total. The first-order valence-corrected chi connectivity index (χ1v) is 3.12. The van der Waals surface area contributed by atoms with E-state index in [2.05, 4.69) is 29.8 Å². The van der Waals surface area contributed by atoms with E-state index < -0.39 is 15.5 Å². The van der Waals surface area contributed by atoms with Crippen LogP contribution in [0.15, 0.2) is 11.6 Å². The van der Waals surface area contributed by atoms with E-state index in [0.29, 0.717) is 0 Å². The van der Waals surface area contributed by atoms with Gasteiger partial charge in [0.05, 0.1) is 5.03 Å². The van der Waals surface area contributed by atoms with Crippen molar-refractivity contribution in [2.45, 2.75) is 10.5 Å². The second-order valence-electron chi connectivity index (χ2n) is 1.48. The summed E-state index contributed by atoms with van der Waals surface area (Å²) in [6.07, 6.45) is 0. The summed E-state index contributed by atoms with van der Waals surface area (Å²) < 4.78 is 36.1. The molecule has 0 aromatic heterocycles. The Labute approximate surface area is 70.6 Å². The lowest BCUT2D eigenvalue weighted by atomic mass is 10.4. The molecule has 0 aliphatic heterocycles. The third kappa shape index (κ3) is 1.94. The lowest BCUT2D eigenvalue weighted by molar-refractivity contribution is 0.00415. The minimum Gasteiger partial charge on any atom is -0.211 e. The van der Waals surface area contributed by atoms with Crippen molar-refractivity contribution in [1.29, 1.82) is 0 Å². The average molecular weight is 213 g/mol. The van der Waals surface area contributed by atoms with Crippen LogP contribution in [0.25, 0.3) is 0 Å². The van der Waals surface area contributed by atoms with Gasteiger partial charge in [0.2, 0.25) is 0 Å². The van der Waals surface area contributed by atoms with Crippen LogP contribution < -0.4 is 0 Å². The summed E-state index contributed by atoms with van der Waals surface area (Å²) in [4.78, 5) is 0. The van der Waals surface area contributed by atoms with Crippen LogP contribution in [-0.2, 0) is 0 Å². The molecule has 0 saturated heterocycles. The van der Waals surface area contributed by atoms with Crippen molar-refractivity contribution in [1.82, 2.24) is 0 Å². The van der Waals surface area contributed by atoms with Crippen molar-refractivity contribution in [3.8, 4) is 0 Å². The van der Waals surface area contributed by atoms with Crippen LogP contribution in [0.1, 0.15) is 0 Å². The number of allylic oxidation sites excluding steroid dienone is 1. The maximum absolute atomic E-state index is 12.4. The van der Waals surface area contributed by atoms with E-state index in [-0.39, 0.29) is 0 Å². The molecular formula is C4H2Cl3F3. The number of alkyl halides is 5. The SMILES string of the molecule is C=C(Cl)[C@@](F)(Cl)C(F)(F)Cl. The summed E-state index contributed by atoms with van der Waals surface area (Å²) in [5.41, 5.74) is 0. The number of rotatable bonds is 2. The molecule has 6 heteroatoms. The Balaban J connectivity index is 4.57. The standard InChI is InChI=1S/C4H2Cl3F3/c1-2(5)3(6,8)4(7,9)10/h1H2/t3-/m0/s1. The number of hydrogen-bond acceptors (Lipinski definition) is 0. The molecule has 1 atom stereocenters. The van der Waals surface area contributed by atoms with Crippen molar-refractivity contribution in [3.63, 3.8) is 0 Å². The molecule has 0 heterocycles. The van der Waals surface area contributed by atoms with Gasteiger partial charge in [-0.15, -0.1) is 0 Å². The minimum atomic E-state index is -4.24. The van der Waals surface area contributed by atoms with E-state index in [1.165, 1.54) is 0 Å². The molecule has 0 rings (SSSR count). The van der Waals surface area contributed by atoms with Crippen LogP contribution in [-0.4, -0.2) is 10.5 Å². The lowest BCUT2D eigenvalue weighted by Gasteiger charge is -2.20. The van der Waals surface area contributed by atoms with Crippen molar-refractivity contribution >= 4 is 34.8 Å². The Kier molecular flexibility index (Phi) is 2.91. The van der Waals surface area contributed by atoms with Crippen LogP contribution in [0, 0.1) is 0 Å². The molecule has 0 amide bonds. The summed E-state index contributed by atoms with van der Waals surface area (Å²) in [5, 5.41) is -8.88. The van der Waals surface area contributed by atoms with Gasteiger partial charge in [-0.05, 0) is 11.6 Å². The van der Waals surface area contributed by atoms with Crippen LogP contribution in [0.5, 0.6) is 0 Å². The topological polar surface area (TPSA) is 0 Å². The van der Waals surface area contributed by atoms with E-state index in [0.717, 1.165) is 0 Å². The largest absolute Gasteiger partial charge is 0.374 e. The maximum Gasteiger partial charge on any atom is 0.374 e. The fourth-order valence-electron chi connectivity index (χ4n) is 0.154. The average Bonchev–Trinajstić information content (AvgIpc) is 1.62. The van der Waals surface area contributed by atoms with Crippen molar-refractivity contribution in [2.24, 2.45) is 0 Å². The molecule has 10 heavy (non-hydrogen) atoms. The highest BCUT2D eigenvalue weighted by atomic mass is 35.5. The number of halogens is 6. The lowest BCUT2D eigenvalue weighted by Crippen LogP contribution is -2.34. The predicted molar refractivity (Wildman–Crippen MR) is 35.5 cm³/mol. The van der Waals surface area contributed by atoms with Gasteiger partial charge in [-0.2, -0.15) is 8.78 Å². The van der Waals surface area contributed by atoms with E-state index >= 15 is 0 Å². The fourth-order valence-corrected chi connectivity index (χ4v) is 0.435. The van der Waals surface area contributed by atoms with E-state index in [9.17, 15) is 13.2 Å². The molecule has 0 unspecified atom stereocenters. The van der Waals surface area contributed by atoms with Crippen molar-refractivity contribution < 1.29 is 13.2 Å². The smallest absolute Gasteiger partial charge is 0.211 e. The van der Waals surface area contributed by atoms with Crippen molar-refractivity contribution in [2.75, 3.05) is 0 Å².